The Morgan fingerprint density at radius 1 is 1.15 bits per heavy atom. The number of nitrogens with one attached hydrogen (secondary N) is 2. The smallest absolute Gasteiger partial charge is 0.229 e. The van der Waals surface area contributed by atoms with E-state index in [1.165, 1.54) is 11.3 Å². The molecule has 2 aliphatic heterocycles. The molecule has 4 heterocycles. The summed E-state index contributed by atoms with van der Waals surface area (Å²) in [6.07, 6.45) is 5.93. The van der Waals surface area contributed by atoms with E-state index in [0.29, 0.717) is 24.6 Å². The number of nitrogens with zero attached hydrogens (tertiary/aromatic N) is 3. The summed E-state index contributed by atoms with van der Waals surface area (Å²) in [5.41, 5.74) is 2.14. The first kappa shape index (κ1) is 23.1. The van der Waals surface area contributed by atoms with Crippen LogP contribution in [-0.4, -0.2) is 51.5 Å². The minimum atomic E-state index is -0.331. The fraction of sp³-hybridized carbons (Fsp3) is 0.520. The van der Waals surface area contributed by atoms with Crippen molar-refractivity contribution in [3.8, 4) is 10.4 Å². The fourth-order valence-corrected chi connectivity index (χ4v) is 5.96. The lowest BCUT2D eigenvalue weighted by Gasteiger charge is -2.44. The summed E-state index contributed by atoms with van der Waals surface area (Å²) >= 11 is 1.47. The van der Waals surface area contributed by atoms with E-state index in [1.807, 2.05) is 46.0 Å². The molecule has 0 aliphatic carbocycles. The quantitative estimate of drug-likeness (QED) is 0.536. The van der Waals surface area contributed by atoms with Gasteiger partial charge in [-0.1, -0.05) is 17.4 Å². The largest absolute Gasteiger partial charge is 0.379 e. The Hall–Kier alpha value is -2.62. The second kappa shape index (κ2) is 8.87. The van der Waals surface area contributed by atoms with Crippen molar-refractivity contribution in [2.75, 3.05) is 23.8 Å². The van der Waals surface area contributed by atoms with Crippen LogP contribution in [0, 0.1) is 5.92 Å². The van der Waals surface area contributed by atoms with E-state index in [9.17, 15) is 4.79 Å². The number of ether oxygens (including phenoxy) is 2. The maximum absolute atomic E-state index is 13.0. The van der Waals surface area contributed by atoms with Crippen molar-refractivity contribution in [2.45, 2.75) is 64.2 Å². The Bertz CT molecular complexity index is 1190. The molecule has 180 valence electrons. The number of thiazole rings is 1. The minimum Gasteiger partial charge on any atom is -0.379 e. The maximum atomic E-state index is 13.0. The molecule has 1 atom stereocenters. The van der Waals surface area contributed by atoms with E-state index in [4.69, 9.17) is 9.47 Å². The van der Waals surface area contributed by atoms with Crippen LogP contribution in [0.1, 0.15) is 47.0 Å². The first-order valence-corrected chi connectivity index (χ1v) is 12.6. The molecule has 1 aromatic carbocycles. The van der Waals surface area contributed by atoms with E-state index in [0.717, 1.165) is 40.1 Å². The van der Waals surface area contributed by atoms with Gasteiger partial charge >= 0.3 is 0 Å². The third kappa shape index (κ3) is 5.06. The Labute approximate surface area is 203 Å². The van der Waals surface area contributed by atoms with Crippen molar-refractivity contribution in [3.63, 3.8) is 0 Å². The van der Waals surface area contributed by atoms with Gasteiger partial charge < -0.3 is 20.1 Å². The van der Waals surface area contributed by atoms with Gasteiger partial charge in [-0.25, -0.2) is 4.98 Å². The van der Waals surface area contributed by atoms with Crippen molar-refractivity contribution >= 4 is 39.0 Å². The fourth-order valence-electron chi connectivity index (χ4n) is 5.14. The molecule has 0 bridgehead atoms. The predicted molar refractivity (Wildman–Crippen MR) is 134 cm³/mol. The molecule has 1 unspecified atom stereocenters. The van der Waals surface area contributed by atoms with Gasteiger partial charge in [-0.2, -0.15) is 10.2 Å². The van der Waals surface area contributed by atoms with Crippen LogP contribution >= 0.6 is 11.3 Å². The zero-order chi connectivity index (χ0) is 23.9. The molecular formula is C25H31N5O3S. The summed E-state index contributed by atoms with van der Waals surface area (Å²) in [6, 6.07) is 6.37. The Kier molecular flexibility index (Phi) is 6.03. The summed E-state index contributed by atoms with van der Waals surface area (Å²) in [5, 5.41) is 16.6. The van der Waals surface area contributed by atoms with E-state index in [2.05, 4.69) is 31.9 Å². The summed E-state index contributed by atoms with van der Waals surface area (Å²) < 4.78 is 11.6. The highest BCUT2D eigenvalue weighted by molar-refractivity contribution is 7.19. The van der Waals surface area contributed by atoms with E-state index >= 15 is 0 Å². The van der Waals surface area contributed by atoms with Crippen molar-refractivity contribution in [2.24, 2.45) is 5.92 Å². The van der Waals surface area contributed by atoms with E-state index in [1.54, 1.807) is 6.20 Å². The molecule has 2 saturated heterocycles. The number of carbonyl (C=O) groups excluding carboxylic acids is 1. The zero-order valence-corrected chi connectivity index (χ0v) is 20.9. The van der Waals surface area contributed by atoms with Gasteiger partial charge in [-0.15, -0.1) is 0 Å². The Morgan fingerprint density at radius 3 is 2.68 bits per heavy atom. The zero-order valence-electron chi connectivity index (χ0n) is 20.1. The first-order chi connectivity index (χ1) is 16.2. The molecule has 0 saturated carbocycles. The van der Waals surface area contributed by atoms with Crippen LogP contribution in [-0.2, 0) is 14.3 Å². The lowest BCUT2D eigenvalue weighted by atomic mass is 9.80. The van der Waals surface area contributed by atoms with Gasteiger partial charge in [0.15, 0.2) is 5.13 Å². The molecule has 2 fully saturated rings. The second-order valence-corrected chi connectivity index (χ2v) is 11.5. The first-order valence-electron chi connectivity index (χ1n) is 11.7. The maximum Gasteiger partial charge on any atom is 0.229 e. The third-order valence-corrected chi connectivity index (χ3v) is 7.31. The molecule has 0 radical (unpaired) electrons. The molecule has 3 aromatic rings. The van der Waals surface area contributed by atoms with Crippen LogP contribution in [0.3, 0.4) is 0 Å². The van der Waals surface area contributed by atoms with Crippen LogP contribution < -0.4 is 10.6 Å². The van der Waals surface area contributed by atoms with Crippen LogP contribution in [0.5, 0.6) is 0 Å². The average Bonchev–Trinajstić information content (AvgIpc) is 3.44. The number of carbonyl (C=O) groups is 1. The van der Waals surface area contributed by atoms with E-state index < -0.39 is 0 Å². The minimum absolute atomic E-state index is 0.00408. The Balaban J connectivity index is 1.34. The predicted octanol–water partition coefficient (Wildman–Crippen LogP) is 4.88. The Morgan fingerprint density at radius 2 is 1.94 bits per heavy atom. The van der Waals surface area contributed by atoms with Gasteiger partial charge in [-0.05, 0) is 64.7 Å². The average molecular weight is 482 g/mol. The second-order valence-electron chi connectivity index (χ2n) is 10.4. The lowest BCUT2D eigenvalue weighted by Crippen LogP contribution is -2.48. The topological polar surface area (TPSA) is 98.3 Å². The molecule has 9 heteroatoms. The molecular weight excluding hydrogens is 450 g/mol. The molecule has 0 spiro atoms. The van der Waals surface area contributed by atoms with Gasteiger partial charge in [-0.3, -0.25) is 4.79 Å². The number of fused-ring (bicyclic) bond motifs is 1. The number of aromatic nitrogens is 3. The molecule has 2 aliphatic rings. The SMILES string of the molecule is CC1(C)CC(C(=O)Nc2ncc(-c3ccc4nncc(NC5CCOC5)c4c3)s2)CC(C)(C)O1. The van der Waals surface area contributed by atoms with Gasteiger partial charge in [0.05, 0.1) is 46.1 Å². The molecule has 2 aromatic heterocycles. The number of hydrogen-bond donors (Lipinski definition) is 2. The highest BCUT2D eigenvalue weighted by Crippen LogP contribution is 2.39. The highest BCUT2D eigenvalue weighted by Gasteiger charge is 2.42. The van der Waals surface area contributed by atoms with Crippen molar-refractivity contribution in [3.05, 3.63) is 30.6 Å². The lowest BCUT2D eigenvalue weighted by molar-refractivity contribution is -0.176. The molecule has 8 nitrogen and oxygen atoms in total. The number of rotatable bonds is 5. The van der Waals surface area contributed by atoms with Gasteiger partial charge in [0.2, 0.25) is 5.91 Å². The van der Waals surface area contributed by atoms with Gasteiger partial charge in [0.1, 0.15) is 0 Å². The molecule has 34 heavy (non-hydrogen) atoms. The number of benzene rings is 1. The number of hydrogen-bond acceptors (Lipinski definition) is 8. The van der Waals surface area contributed by atoms with Crippen molar-refractivity contribution in [1.29, 1.82) is 0 Å². The molecule has 1 amide bonds. The molecule has 2 N–H and O–H groups in total. The summed E-state index contributed by atoms with van der Waals surface area (Å²) in [4.78, 5) is 18.5. The number of anilines is 2. The third-order valence-electron chi connectivity index (χ3n) is 6.35. The summed E-state index contributed by atoms with van der Waals surface area (Å²) in [6.45, 7) is 9.65. The number of amides is 1. The standard InChI is InChI=1S/C25H31N5O3S/c1-24(2)10-16(11-25(3,4)33-24)22(31)29-23-26-13-21(34-23)15-5-6-19-18(9-15)20(12-27-30-19)28-17-7-8-32-14-17/h5-6,9,12-13,16-17H,7-8,10-11,14H2,1-4H3,(H,28,30)(H,26,29,31). The van der Waals surface area contributed by atoms with Gasteiger partial charge in [0, 0.05) is 24.1 Å². The van der Waals surface area contributed by atoms with Crippen LogP contribution in [0.15, 0.2) is 30.6 Å². The monoisotopic (exact) mass is 481 g/mol. The normalized spacial score (nSPS) is 22.1. The van der Waals surface area contributed by atoms with E-state index in [-0.39, 0.29) is 29.1 Å². The van der Waals surface area contributed by atoms with Gasteiger partial charge in [0.25, 0.3) is 0 Å². The van der Waals surface area contributed by atoms with Crippen molar-refractivity contribution < 1.29 is 14.3 Å². The van der Waals surface area contributed by atoms with Crippen LogP contribution in [0.4, 0.5) is 10.8 Å². The molecule has 5 rings (SSSR count). The van der Waals surface area contributed by atoms with Crippen LogP contribution in [0.2, 0.25) is 0 Å². The van der Waals surface area contributed by atoms with Crippen LogP contribution in [0.25, 0.3) is 21.3 Å². The highest BCUT2D eigenvalue weighted by atomic mass is 32.1. The summed E-state index contributed by atoms with van der Waals surface area (Å²) in [7, 11) is 0. The van der Waals surface area contributed by atoms with Crippen molar-refractivity contribution in [1.82, 2.24) is 15.2 Å². The summed E-state index contributed by atoms with van der Waals surface area (Å²) in [5.74, 6) is -0.108.